The van der Waals surface area contributed by atoms with E-state index < -0.39 is 30.1 Å². The number of ether oxygens (including phenoxy) is 3. The number of carbonyl (C=O) groups is 2. The molecule has 1 fully saturated rings. The van der Waals surface area contributed by atoms with Gasteiger partial charge >= 0.3 is 0 Å². The first-order chi connectivity index (χ1) is 18.3. The zero-order valence-corrected chi connectivity index (χ0v) is 22.3. The van der Waals surface area contributed by atoms with Gasteiger partial charge in [-0.1, -0.05) is 13.8 Å². The molecular weight excluding hydrogens is 494 g/mol. The van der Waals surface area contributed by atoms with Crippen molar-refractivity contribution >= 4 is 11.8 Å². The third-order valence-corrected chi connectivity index (χ3v) is 7.39. The van der Waals surface area contributed by atoms with Gasteiger partial charge in [-0.15, -0.1) is 0 Å². The van der Waals surface area contributed by atoms with E-state index in [1.54, 1.807) is 23.1 Å². The average molecular weight is 534 g/mol. The minimum Gasteiger partial charge on any atom is -0.493 e. The number of nitrogens with zero attached hydrogens (tertiary/aromatic N) is 2. The van der Waals surface area contributed by atoms with Gasteiger partial charge in [0.05, 0.1) is 45.5 Å². The molecule has 1 saturated heterocycles. The van der Waals surface area contributed by atoms with E-state index in [1.165, 1.54) is 7.11 Å². The van der Waals surface area contributed by atoms with Crippen molar-refractivity contribution in [2.24, 2.45) is 5.92 Å². The zero-order valence-electron chi connectivity index (χ0n) is 22.3. The Labute approximate surface area is 223 Å². The number of hydrogen-bond donors (Lipinski definition) is 4. The number of methoxy groups -OCH3 is 1. The Morgan fingerprint density at radius 3 is 2.61 bits per heavy atom. The summed E-state index contributed by atoms with van der Waals surface area (Å²) in [6.07, 6.45) is -0.325. The third-order valence-electron chi connectivity index (χ3n) is 7.39. The van der Waals surface area contributed by atoms with Crippen LogP contribution < -0.4 is 14.8 Å². The minimum atomic E-state index is -1.13. The van der Waals surface area contributed by atoms with Crippen molar-refractivity contribution < 1.29 is 39.1 Å². The Morgan fingerprint density at radius 1 is 1.24 bits per heavy atom. The predicted octanol–water partition coefficient (Wildman–Crippen LogP) is -0.373. The van der Waals surface area contributed by atoms with Crippen LogP contribution in [0.3, 0.4) is 0 Å². The van der Waals surface area contributed by atoms with Crippen LogP contribution in [0.15, 0.2) is 23.8 Å². The van der Waals surface area contributed by atoms with Gasteiger partial charge in [-0.3, -0.25) is 14.5 Å². The van der Waals surface area contributed by atoms with Crippen LogP contribution in [-0.2, 0) is 20.9 Å². The van der Waals surface area contributed by atoms with E-state index in [0.717, 1.165) is 13.1 Å². The Hall–Kier alpha value is -2.70. The lowest BCUT2D eigenvalue weighted by atomic mass is 9.77. The van der Waals surface area contributed by atoms with Gasteiger partial charge in [0.2, 0.25) is 11.8 Å². The normalized spacial score (nSPS) is 24.8. The molecule has 11 heteroatoms. The van der Waals surface area contributed by atoms with Crippen LogP contribution in [0.2, 0.25) is 0 Å². The third kappa shape index (κ3) is 5.67. The van der Waals surface area contributed by atoms with Crippen LogP contribution in [0.4, 0.5) is 0 Å². The standard InChI is InChI=1S/C27H39N3O8/c1-16(2)27(35)30(6-5-29-7-10-37-11-8-29)20-14-19(26(34)28-4-9-31)22-18-12-17(15-32)13-21(36-3)24(18)38-25(22)23(20)33/h12-14,16,20,22-23,25,31-33H,4-11,15H2,1-3H3,(H,28,34). The molecule has 4 N–H and O–H groups in total. The first-order valence-corrected chi connectivity index (χ1v) is 13.2. The van der Waals surface area contributed by atoms with Gasteiger partial charge in [0, 0.05) is 49.8 Å². The lowest BCUT2D eigenvalue weighted by molar-refractivity contribution is -0.140. The van der Waals surface area contributed by atoms with E-state index in [-0.39, 0.29) is 31.6 Å². The number of nitrogens with one attached hydrogen (secondary N) is 1. The number of fused-ring (bicyclic) bond motifs is 3. The second-order valence-electron chi connectivity index (χ2n) is 10.2. The summed E-state index contributed by atoms with van der Waals surface area (Å²) in [7, 11) is 1.49. The van der Waals surface area contributed by atoms with E-state index in [9.17, 15) is 24.9 Å². The highest BCUT2D eigenvalue weighted by molar-refractivity contribution is 5.96. The molecule has 1 aliphatic carbocycles. The molecule has 0 radical (unpaired) electrons. The fourth-order valence-electron chi connectivity index (χ4n) is 5.43. The van der Waals surface area contributed by atoms with E-state index in [1.807, 2.05) is 13.8 Å². The molecule has 38 heavy (non-hydrogen) atoms. The van der Waals surface area contributed by atoms with Gasteiger partial charge in [-0.25, -0.2) is 0 Å². The molecular formula is C27H39N3O8. The number of benzene rings is 1. The largest absolute Gasteiger partial charge is 0.493 e. The number of carbonyl (C=O) groups excluding carboxylic acids is 2. The summed E-state index contributed by atoms with van der Waals surface area (Å²) in [5.74, 6) is -0.731. The maximum absolute atomic E-state index is 13.4. The minimum absolute atomic E-state index is 0.0557. The molecule has 2 heterocycles. The van der Waals surface area contributed by atoms with Crippen molar-refractivity contribution in [2.75, 3.05) is 59.7 Å². The van der Waals surface area contributed by atoms with Gasteiger partial charge in [-0.2, -0.15) is 0 Å². The highest BCUT2D eigenvalue weighted by Gasteiger charge is 2.51. The van der Waals surface area contributed by atoms with Gasteiger partial charge in [0.1, 0.15) is 12.2 Å². The molecule has 11 nitrogen and oxygen atoms in total. The Bertz CT molecular complexity index is 1040. The summed E-state index contributed by atoms with van der Waals surface area (Å²) >= 11 is 0. The topological polar surface area (TPSA) is 141 Å². The molecule has 0 aromatic heterocycles. The van der Waals surface area contributed by atoms with Crippen LogP contribution in [-0.4, -0.2) is 115 Å². The number of amides is 2. The number of hydrogen-bond acceptors (Lipinski definition) is 9. The number of morpholine rings is 1. The number of aliphatic hydroxyl groups is 3. The quantitative estimate of drug-likeness (QED) is 0.317. The van der Waals surface area contributed by atoms with Gasteiger partial charge in [0.15, 0.2) is 11.5 Å². The lowest BCUT2D eigenvalue weighted by Gasteiger charge is -2.42. The molecule has 4 atom stereocenters. The molecule has 2 aliphatic heterocycles. The second kappa shape index (κ2) is 12.4. The maximum Gasteiger partial charge on any atom is 0.247 e. The summed E-state index contributed by atoms with van der Waals surface area (Å²) in [4.78, 5) is 30.6. The molecule has 4 rings (SSSR count). The smallest absolute Gasteiger partial charge is 0.247 e. The highest BCUT2D eigenvalue weighted by Crippen LogP contribution is 2.51. The van der Waals surface area contributed by atoms with Crippen molar-refractivity contribution in [3.8, 4) is 11.5 Å². The van der Waals surface area contributed by atoms with E-state index in [0.29, 0.717) is 54.5 Å². The van der Waals surface area contributed by atoms with Gasteiger partial charge in [-0.05, 0) is 23.8 Å². The Morgan fingerprint density at radius 2 is 1.97 bits per heavy atom. The molecule has 3 aliphatic rings. The fraction of sp³-hybridized carbons (Fsp3) is 0.630. The summed E-state index contributed by atoms with van der Waals surface area (Å²) in [6, 6.07) is 2.60. The molecule has 2 amide bonds. The second-order valence-corrected chi connectivity index (χ2v) is 10.2. The molecule has 0 saturated carbocycles. The molecule has 210 valence electrons. The van der Waals surface area contributed by atoms with E-state index >= 15 is 0 Å². The lowest BCUT2D eigenvalue weighted by Crippen LogP contribution is -2.57. The molecule has 1 aromatic rings. The summed E-state index contributed by atoms with van der Waals surface area (Å²) in [6.45, 7) is 6.96. The monoisotopic (exact) mass is 533 g/mol. The van der Waals surface area contributed by atoms with Crippen molar-refractivity contribution in [2.45, 2.75) is 44.6 Å². The highest BCUT2D eigenvalue weighted by atomic mass is 16.5. The summed E-state index contributed by atoms with van der Waals surface area (Å²) in [5.41, 5.74) is 1.54. The Balaban J connectivity index is 1.74. The molecule has 1 aromatic carbocycles. The molecule has 0 bridgehead atoms. The van der Waals surface area contributed by atoms with E-state index in [2.05, 4.69) is 10.2 Å². The maximum atomic E-state index is 13.4. The first-order valence-electron chi connectivity index (χ1n) is 13.2. The Kier molecular flexibility index (Phi) is 9.27. The zero-order chi connectivity index (χ0) is 27.4. The average Bonchev–Trinajstić information content (AvgIpc) is 3.32. The molecule has 4 unspecified atom stereocenters. The van der Waals surface area contributed by atoms with Crippen LogP contribution in [0.5, 0.6) is 11.5 Å². The van der Waals surface area contributed by atoms with Crippen LogP contribution in [0, 0.1) is 5.92 Å². The fourth-order valence-corrected chi connectivity index (χ4v) is 5.43. The van der Waals surface area contributed by atoms with E-state index in [4.69, 9.17) is 14.2 Å². The van der Waals surface area contributed by atoms with Gasteiger partial charge in [0.25, 0.3) is 0 Å². The first kappa shape index (κ1) is 28.3. The summed E-state index contributed by atoms with van der Waals surface area (Å²) in [5, 5.41) is 33.5. The number of aliphatic hydroxyl groups excluding tert-OH is 3. The van der Waals surface area contributed by atoms with Crippen molar-refractivity contribution in [1.82, 2.24) is 15.1 Å². The number of rotatable bonds is 10. The SMILES string of the molecule is COc1cc(CO)cc2c1OC1C2C(C(=O)NCCO)=CC(N(CCN2CCOCC2)C(=O)C(C)C)C1O. The summed E-state index contributed by atoms with van der Waals surface area (Å²) < 4.78 is 17.2. The van der Waals surface area contributed by atoms with Crippen LogP contribution in [0.1, 0.15) is 30.9 Å². The predicted molar refractivity (Wildman–Crippen MR) is 138 cm³/mol. The van der Waals surface area contributed by atoms with Crippen molar-refractivity contribution in [1.29, 1.82) is 0 Å². The van der Waals surface area contributed by atoms with Crippen LogP contribution in [0.25, 0.3) is 0 Å². The van der Waals surface area contributed by atoms with Crippen molar-refractivity contribution in [3.63, 3.8) is 0 Å². The molecule has 0 spiro atoms. The van der Waals surface area contributed by atoms with Gasteiger partial charge < -0.3 is 39.7 Å². The van der Waals surface area contributed by atoms with Crippen LogP contribution >= 0.6 is 0 Å². The van der Waals surface area contributed by atoms with Crippen molar-refractivity contribution in [3.05, 3.63) is 34.9 Å².